The van der Waals surface area contributed by atoms with Crippen LogP contribution in [0.15, 0.2) is 55.4 Å². The highest BCUT2D eigenvalue weighted by Gasteiger charge is 2.30. The molecule has 1 amide bonds. The quantitative estimate of drug-likeness (QED) is 0.754. The highest BCUT2D eigenvalue weighted by Crippen LogP contribution is 2.21. The summed E-state index contributed by atoms with van der Waals surface area (Å²) in [5, 5.41) is 7.00. The number of carbonyl (C=O) groups excluding carboxylic acids is 1. The van der Waals surface area contributed by atoms with E-state index in [1.165, 1.54) is 6.33 Å². The highest BCUT2D eigenvalue weighted by atomic mass is 16.2. The zero-order chi connectivity index (χ0) is 17.8. The second kappa shape index (κ2) is 7.40. The van der Waals surface area contributed by atoms with Crippen molar-refractivity contribution in [2.24, 2.45) is 0 Å². The Morgan fingerprint density at radius 2 is 2.19 bits per heavy atom. The van der Waals surface area contributed by atoms with Crippen molar-refractivity contribution in [2.75, 3.05) is 11.9 Å². The number of likely N-dealkylation sites (tertiary alicyclic amines) is 1. The molecule has 3 aromatic heterocycles. The lowest BCUT2D eigenvalue weighted by Gasteiger charge is -2.23. The number of nitrogens with zero attached hydrogens (tertiary/aromatic N) is 6. The molecule has 0 aliphatic carbocycles. The second-order valence-electron chi connectivity index (χ2n) is 6.18. The van der Waals surface area contributed by atoms with Crippen LogP contribution in [0.25, 0.3) is 5.82 Å². The van der Waals surface area contributed by atoms with Gasteiger partial charge in [-0.25, -0.2) is 14.6 Å². The van der Waals surface area contributed by atoms with Gasteiger partial charge in [-0.1, -0.05) is 6.07 Å². The maximum Gasteiger partial charge on any atom is 0.241 e. The van der Waals surface area contributed by atoms with Crippen molar-refractivity contribution >= 4 is 11.6 Å². The standard InChI is InChI=1S/C18H19N7O/c26-18(16-5-3-9-24(16)11-15-4-1-2-8-20-15)23-14-6-7-17(21-10-14)25-13-19-12-22-25/h1-2,4,6-8,10,12-13,16H,3,5,9,11H2,(H,23,26). The second-order valence-corrected chi connectivity index (χ2v) is 6.18. The lowest BCUT2D eigenvalue weighted by atomic mass is 10.2. The molecule has 0 aromatic carbocycles. The fourth-order valence-electron chi connectivity index (χ4n) is 3.16. The molecule has 1 N–H and O–H groups in total. The number of aromatic nitrogens is 5. The fourth-order valence-corrected chi connectivity index (χ4v) is 3.16. The number of anilines is 1. The van der Waals surface area contributed by atoms with E-state index in [0.717, 1.165) is 25.1 Å². The van der Waals surface area contributed by atoms with E-state index in [4.69, 9.17) is 0 Å². The predicted octanol–water partition coefficient (Wildman–Crippen LogP) is 1.66. The van der Waals surface area contributed by atoms with E-state index in [-0.39, 0.29) is 11.9 Å². The van der Waals surface area contributed by atoms with E-state index >= 15 is 0 Å². The molecule has 132 valence electrons. The molecule has 4 rings (SSSR count). The van der Waals surface area contributed by atoms with Gasteiger partial charge in [0.1, 0.15) is 12.7 Å². The highest BCUT2D eigenvalue weighted by molar-refractivity contribution is 5.94. The van der Waals surface area contributed by atoms with Crippen LogP contribution in [-0.2, 0) is 11.3 Å². The first-order chi connectivity index (χ1) is 12.8. The summed E-state index contributed by atoms with van der Waals surface area (Å²) in [5.74, 6) is 0.645. The molecule has 1 unspecified atom stereocenters. The van der Waals surface area contributed by atoms with Crippen molar-refractivity contribution < 1.29 is 4.79 Å². The van der Waals surface area contributed by atoms with E-state index in [2.05, 4.69) is 30.3 Å². The monoisotopic (exact) mass is 349 g/mol. The molecule has 1 atom stereocenters. The van der Waals surface area contributed by atoms with Gasteiger partial charge in [0.2, 0.25) is 5.91 Å². The Morgan fingerprint density at radius 1 is 1.23 bits per heavy atom. The summed E-state index contributed by atoms with van der Waals surface area (Å²) < 4.78 is 1.57. The van der Waals surface area contributed by atoms with Crippen LogP contribution in [0.2, 0.25) is 0 Å². The Bertz CT molecular complexity index is 849. The van der Waals surface area contributed by atoms with Crippen LogP contribution in [0.3, 0.4) is 0 Å². The number of rotatable bonds is 5. The van der Waals surface area contributed by atoms with Gasteiger partial charge in [0, 0.05) is 12.7 Å². The summed E-state index contributed by atoms with van der Waals surface area (Å²) in [4.78, 5) is 27.4. The maximum atomic E-state index is 12.7. The average molecular weight is 349 g/mol. The van der Waals surface area contributed by atoms with E-state index in [9.17, 15) is 4.79 Å². The largest absolute Gasteiger partial charge is 0.323 e. The lowest BCUT2D eigenvalue weighted by Crippen LogP contribution is -2.39. The number of hydrogen-bond acceptors (Lipinski definition) is 6. The summed E-state index contributed by atoms with van der Waals surface area (Å²) >= 11 is 0. The topological polar surface area (TPSA) is 88.8 Å². The van der Waals surface area contributed by atoms with Gasteiger partial charge in [-0.3, -0.25) is 14.7 Å². The Labute approximate surface area is 150 Å². The average Bonchev–Trinajstić information content (AvgIpc) is 3.35. The molecule has 0 saturated carbocycles. The molecule has 26 heavy (non-hydrogen) atoms. The molecule has 8 nitrogen and oxygen atoms in total. The van der Waals surface area contributed by atoms with Crippen LogP contribution in [0.5, 0.6) is 0 Å². The first-order valence-corrected chi connectivity index (χ1v) is 8.55. The minimum absolute atomic E-state index is 0.00580. The van der Waals surface area contributed by atoms with Crippen LogP contribution < -0.4 is 5.32 Å². The lowest BCUT2D eigenvalue weighted by molar-refractivity contribution is -0.120. The zero-order valence-electron chi connectivity index (χ0n) is 14.2. The molecule has 4 heterocycles. The molecular weight excluding hydrogens is 330 g/mol. The van der Waals surface area contributed by atoms with Gasteiger partial charge in [-0.05, 0) is 43.7 Å². The first kappa shape index (κ1) is 16.3. The van der Waals surface area contributed by atoms with Gasteiger partial charge in [0.05, 0.1) is 23.6 Å². The zero-order valence-corrected chi connectivity index (χ0v) is 14.2. The van der Waals surface area contributed by atoms with Crippen molar-refractivity contribution in [1.29, 1.82) is 0 Å². The van der Waals surface area contributed by atoms with Crippen LogP contribution in [0.4, 0.5) is 5.69 Å². The molecule has 1 fully saturated rings. The van der Waals surface area contributed by atoms with Crippen molar-refractivity contribution in [1.82, 2.24) is 29.6 Å². The van der Waals surface area contributed by atoms with Gasteiger partial charge >= 0.3 is 0 Å². The van der Waals surface area contributed by atoms with Crippen molar-refractivity contribution in [3.05, 3.63) is 61.1 Å². The summed E-state index contributed by atoms with van der Waals surface area (Å²) in [6.07, 6.45) is 8.30. The Morgan fingerprint density at radius 3 is 2.92 bits per heavy atom. The van der Waals surface area contributed by atoms with Crippen molar-refractivity contribution in [2.45, 2.75) is 25.4 Å². The van der Waals surface area contributed by atoms with Crippen LogP contribution >= 0.6 is 0 Å². The molecule has 0 spiro atoms. The predicted molar refractivity (Wildman–Crippen MR) is 95.5 cm³/mol. The summed E-state index contributed by atoms with van der Waals surface area (Å²) in [7, 11) is 0. The number of amides is 1. The molecule has 1 saturated heterocycles. The van der Waals surface area contributed by atoms with Gasteiger partial charge in [-0.15, -0.1) is 0 Å². The van der Waals surface area contributed by atoms with Gasteiger partial charge in [0.25, 0.3) is 0 Å². The van der Waals surface area contributed by atoms with E-state index in [1.807, 2.05) is 24.3 Å². The first-order valence-electron chi connectivity index (χ1n) is 8.55. The van der Waals surface area contributed by atoms with E-state index in [0.29, 0.717) is 18.1 Å². The van der Waals surface area contributed by atoms with Crippen LogP contribution in [0, 0.1) is 0 Å². The molecule has 0 bridgehead atoms. The summed E-state index contributed by atoms with van der Waals surface area (Å²) in [5.41, 5.74) is 1.65. The van der Waals surface area contributed by atoms with Crippen LogP contribution in [-0.4, -0.2) is 48.1 Å². The minimum atomic E-state index is -0.146. The van der Waals surface area contributed by atoms with Gasteiger partial charge < -0.3 is 5.32 Å². The molecule has 0 radical (unpaired) electrons. The SMILES string of the molecule is O=C(Nc1ccc(-n2cncn2)nc1)C1CCCN1Cc1ccccn1. The number of carbonyl (C=O) groups is 1. The third-order valence-corrected chi connectivity index (χ3v) is 4.43. The van der Waals surface area contributed by atoms with Crippen LogP contribution in [0.1, 0.15) is 18.5 Å². The molecule has 8 heteroatoms. The third-order valence-electron chi connectivity index (χ3n) is 4.43. The number of nitrogens with one attached hydrogen (secondary N) is 1. The number of pyridine rings is 2. The van der Waals surface area contributed by atoms with E-state index < -0.39 is 0 Å². The third kappa shape index (κ3) is 3.60. The Balaban J connectivity index is 1.40. The normalized spacial score (nSPS) is 17.3. The Kier molecular flexibility index (Phi) is 4.65. The molecule has 3 aromatic rings. The minimum Gasteiger partial charge on any atom is -0.323 e. The molecule has 1 aliphatic rings. The molecular formula is C18H19N7O. The maximum absolute atomic E-state index is 12.7. The number of hydrogen-bond donors (Lipinski definition) is 1. The molecule has 1 aliphatic heterocycles. The summed E-state index contributed by atoms with van der Waals surface area (Å²) in [6, 6.07) is 9.32. The summed E-state index contributed by atoms with van der Waals surface area (Å²) in [6.45, 7) is 1.58. The van der Waals surface area contributed by atoms with E-state index in [1.54, 1.807) is 29.5 Å². The van der Waals surface area contributed by atoms with Crippen molar-refractivity contribution in [3.63, 3.8) is 0 Å². The fraction of sp³-hybridized carbons (Fsp3) is 0.278. The Hall–Kier alpha value is -3.13. The smallest absolute Gasteiger partial charge is 0.241 e. The van der Waals surface area contributed by atoms with Gasteiger partial charge in [-0.2, -0.15) is 5.10 Å². The van der Waals surface area contributed by atoms with Crippen molar-refractivity contribution in [3.8, 4) is 5.82 Å². The van der Waals surface area contributed by atoms with Gasteiger partial charge in [0.15, 0.2) is 5.82 Å².